The molecule has 0 aliphatic heterocycles. The van der Waals surface area contributed by atoms with E-state index in [9.17, 15) is 28.5 Å². The van der Waals surface area contributed by atoms with Gasteiger partial charge in [0, 0.05) is 42.6 Å². The minimum absolute atomic E-state index is 0.0235. The van der Waals surface area contributed by atoms with E-state index in [0.29, 0.717) is 5.56 Å². The normalized spacial score (nSPS) is 22.7. The highest BCUT2D eigenvalue weighted by Crippen LogP contribution is 2.65. The fraction of sp³-hybridized carbons (Fsp3) is 0.333. The Morgan fingerprint density at radius 1 is 1.09 bits per heavy atom. The number of amides is 2. The van der Waals surface area contributed by atoms with Gasteiger partial charge in [-0.05, 0) is 23.8 Å². The summed E-state index contributed by atoms with van der Waals surface area (Å²) in [5.41, 5.74) is 0.731. The minimum Gasteiger partial charge on any atom is -0.349 e. The monoisotopic (exact) mass is 517 g/mol. The van der Waals surface area contributed by atoms with Crippen molar-refractivity contribution in [2.45, 2.75) is 35.1 Å². The Bertz CT molecular complexity index is 1140. The van der Waals surface area contributed by atoms with E-state index >= 15 is 0 Å². The molecule has 2 aliphatic carbocycles. The molecule has 0 bridgehead atoms. The van der Waals surface area contributed by atoms with Crippen molar-refractivity contribution >= 4 is 58.0 Å². The van der Waals surface area contributed by atoms with Crippen LogP contribution in [0.25, 0.3) is 0 Å². The molecule has 2 aliphatic rings. The second kappa shape index (κ2) is 8.38. The first-order chi connectivity index (χ1) is 15.4. The molecule has 2 amide bonds. The maximum absolute atomic E-state index is 13.0. The van der Waals surface area contributed by atoms with E-state index in [1.165, 1.54) is 42.5 Å². The molecule has 2 fully saturated rings. The van der Waals surface area contributed by atoms with Gasteiger partial charge in [0.25, 0.3) is 17.5 Å². The zero-order chi connectivity index (χ0) is 24.1. The predicted octanol–water partition coefficient (Wildman–Crippen LogP) is 5.30. The third-order valence-electron chi connectivity index (χ3n) is 5.70. The molecule has 0 saturated heterocycles. The SMILES string of the molecule is O=C(NC1CC(F)(F)C1)c1cc(NC(=O)[C@@H]2[C@@H](c3ccc([N+](=O)[O-])cc3)C2(Cl)Cl)ccc1Cl. The molecule has 174 valence electrons. The number of nitrogens with zero attached hydrogens (tertiary/aromatic N) is 1. The molecular weight excluding hydrogens is 503 g/mol. The first kappa shape index (κ1) is 23.7. The lowest BCUT2D eigenvalue weighted by molar-refractivity contribution is -0.384. The number of hydrogen-bond acceptors (Lipinski definition) is 4. The smallest absolute Gasteiger partial charge is 0.269 e. The Hall–Kier alpha value is -2.49. The Morgan fingerprint density at radius 3 is 2.30 bits per heavy atom. The average Bonchev–Trinajstić information content (AvgIpc) is 3.30. The highest BCUT2D eigenvalue weighted by Gasteiger charge is 2.67. The molecule has 2 N–H and O–H groups in total. The second-order valence-corrected chi connectivity index (χ2v) is 9.95. The minimum atomic E-state index is -2.78. The van der Waals surface area contributed by atoms with Crippen LogP contribution in [0.2, 0.25) is 5.02 Å². The Kier molecular flexibility index (Phi) is 6.01. The number of carbonyl (C=O) groups excluding carboxylic acids is 2. The van der Waals surface area contributed by atoms with Crippen LogP contribution in [0.5, 0.6) is 0 Å². The molecule has 0 radical (unpaired) electrons. The first-order valence-electron chi connectivity index (χ1n) is 9.80. The molecule has 0 heterocycles. The van der Waals surface area contributed by atoms with Crippen molar-refractivity contribution in [1.29, 1.82) is 0 Å². The van der Waals surface area contributed by atoms with Gasteiger partial charge < -0.3 is 10.6 Å². The molecule has 2 atom stereocenters. The van der Waals surface area contributed by atoms with Crippen molar-refractivity contribution < 1.29 is 23.3 Å². The summed E-state index contributed by atoms with van der Waals surface area (Å²) in [6.07, 6.45) is -0.877. The Balaban J connectivity index is 1.44. The maximum Gasteiger partial charge on any atom is 0.269 e. The number of rotatable bonds is 6. The third-order valence-corrected chi connectivity index (χ3v) is 6.97. The van der Waals surface area contributed by atoms with Crippen molar-refractivity contribution in [2.24, 2.45) is 5.92 Å². The fourth-order valence-electron chi connectivity index (χ4n) is 3.89. The lowest BCUT2D eigenvalue weighted by Crippen LogP contribution is -2.50. The lowest BCUT2D eigenvalue weighted by atomic mass is 9.88. The van der Waals surface area contributed by atoms with Crippen LogP contribution in [0.1, 0.15) is 34.7 Å². The van der Waals surface area contributed by atoms with E-state index in [0.717, 1.165) is 0 Å². The highest BCUT2D eigenvalue weighted by atomic mass is 35.5. The summed E-state index contributed by atoms with van der Waals surface area (Å²) in [5, 5.41) is 16.0. The standard InChI is InChI=1S/C21H16Cl3F2N3O4/c22-15-6-3-11(7-14(15)18(30)28-12-8-20(25,26)9-12)27-19(31)17-16(21(17,23)24)10-1-4-13(5-2-10)29(32)33/h1-7,12,16-17H,8-9H2,(H,27,31)(H,28,30)/t16-,17+/m1/s1. The number of halogens is 5. The van der Waals surface area contributed by atoms with E-state index in [-0.39, 0.29) is 22.0 Å². The van der Waals surface area contributed by atoms with Gasteiger partial charge in [0.1, 0.15) is 4.33 Å². The maximum atomic E-state index is 13.0. The van der Waals surface area contributed by atoms with Gasteiger partial charge in [-0.25, -0.2) is 8.78 Å². The van der Waals surface area contributed by atoms with Gasteiger partial charge in [0.2, 0.25) is 5.91 Å². The molecule has 2 saturated carbocycles. The third kappa shape index (κ3) is 4.76. The number of alkyl halides is 4. The number of anilines is 1. The molecule has 0 unspecified atom stereocenters. The summed E-state index contributed by atoms with van der Waals surface area (Å²) in [5.74, 6) is -5.35. The fourth-order valence-corrected chi connectivity index (χ4v) is 4.93. The van der Waals surface area contributed by atoms with Crippen LogP contribution in [0.4, 0.5) is 20.2 Å². The molecular formula is C21H16Cl3F2N3O4. The van der Waals surface area contributed by atoms with Gasteiger partial charge >= 0.3 is 0 Å². The van der Waals surface area contributed by atoms with Crippen molar-refractivity contribution in [3.63, 3.8) is 0 Å². The zero-order valence-corrected chi connectivity index (χ0v) is 18.9. The first-order valence-corrected chi connectivity index (χ1v) is 10.9. The number of non-ortho nitro benzene ring substituents is 1. The molecule has 2 aromatic carbocycles. The number of carbonyl (C=O) groups is 2. The number of benzene rings is 2. The number of hydrogen-bond donors (Lipinski definition) is 2. The van der Waals surface area contributed by atoms with Crippen LogP contribution >= 0.6 is 34.8 Å². The summed E-state index contributed by atoms with van der Waals surface area (Å²) in [6, 6.07) is 9.14. The zero-order valence-electron chi connectivity index (χ0n) is 16.7. The topological polar surface area (TPSA) is 101 Å². The Morgan fingerprint density at radius 2 is 1.73 bits per heavy atom. The lowest BCUT2D eigenvalue weighted by Gasteiger charge is -2.35. The predicted molar refractivity (Wildman–Crippen MR) is 119 cm³/mol. The highest BCUT2D eigenvalue weighted by molar-refractivity contribution is 6.53. The summed E-state index contributed by atoms with van der Waals surface area (Å²) in [6.45, 7) is 0. The molecule has 0 spiro atoms. The van der Waals surface area contributed by atoms with Crippen LogP contribution in [0.15, 0.2) is 42.5 Å². The number of nitro benzene ring substituents is 1. The van der Waals surface area contributed by atoms with E-state index < -0.39 is 57.7 Å². The van der Waals surface area contributed by atoms with Crippen molar-refractivity contribution in [1.82, 2.24) is 5.32 Å². The van der Waals surface area contributed by atoms with Gasteiger partial charge in [-0.15, -0.1) is 23.2 Å². The second-order valence-electron chi connectivity index (χ2n) is 8.10. The summed E-state index contributed by atoms with van der Waals surface area (Å²) in [4.78, 5) is 35.5. The Labute approximate surface area is 201 Å². The van der Waals surface area contributed by atoms with Crippen molar-refractivity contribution in [3.8, 4) is 0 Å². The largest absolute Gasteiger partial charge is 0.349 e. The summed E-state index contributed by atoms with van der Waals surface area (Å²) < 4.78 is 24.6. The summed E-state index contributed by atoms with van der Waals surface area (Å²) >= 11 is 18.7. The number of nitrogens with one attached hydrogen (secondary N) is 2. The van der Waals surface area contributed by atoms with E-state index in [1.807, 2.05) is 0 Å². The van der Waals surface area contributed by atoms with Crippen LogP contribution in [-0.4, -0.2) is 33.0 Å². The molecule has 4 rings (SSSR count). The average molecular weight is 519 g/mol. The van der Waals surface area contributed by atoms with Crippen LogP contribution in [0, 0.1) is 16.0 Å². The quantitative estimate of drug-likeness (QED) is 0.308. The molecule has 0 aromatic heterocycles. The molecule has 12 heteroatoms. The number of nitro groups is 1. The molecule has 2 aromatic rings. The van der Waals surface area contributed by atoms with Crippen LogP contribution < -0.4 is 10.6 Å². The van der Waals surface area contributed by atoms with Crippen LogP contribution in [-0.2, 0) is 4.79 Å². The van der Waals surface area contributed by atoms with Gasteiger partial charge in [-0.3, -0.25) is 19.7 Å². The molecule has 7 nitrogen and oxygen atoms in total. The van der Waals surface area contributed by atoms with Gasteiger partial charge in [0.15, 0.2) is 0 Å². The van der Waals surface area contributed by atoms with Crippen molar-refractivity contribution in [3.05, 3.63) is 68.7 Å². The summed E-state index contributed by atoms with van der Waals surface area (Å²) in [7, 11) is 0. The van der Waals surface area contributed by atoms with Gasteiger partial charge in [0.05, 0.1) is 21.4 Å². The molecule has 33 heavy (non-hydrogen) atoms. The van der Waals surface area contributed by atoms with Gasteiger partial charge in [-0.1, -0.05) is 23.7 Å². The van der Waals surface area contributed by atoms with E-state index in [4.69, 9.17) is 34.8 Å². The van der Waals surface area contributed by atoms with E-state index in [2.05, 4.69) is 10.6 Å². The van der Waals surface area contributed by atoms with E-state index in [1.54, 1.807) is 0 Å². The van der Waals surface area contributed by atoms with Gasteiger partial charge in [-0.2, -0.15) is 0 Å². The van der Waals surface area contributed by atoms with Crippen molar-refractivity contribution in [2.75, 3.05) is 5.32 Å². The van der Waals surface area contributed by atoms with Crippen LogP contribution in [0.3, 0.4) is 0 Å².